The Labute approximate surface area is 129 Å². The molecule has 0 saturated heterocycles. The summed E-state index contributed by atoms with van der Waals surface area (Å²) in [7, 11) is -2.00. The van der Waals surface area contributed by atoms with Crippen molar-refractivity contribution in [2.45, 2.75) is 57.3 Å². The first-order valence-electron chi connectivity index (χ1n) is 7.60. The van der Waals surface area contributed by atoms with Crippen molar-refractivity contribution in [3.8, 4) is 0 Å². The fraction of sp³-hybridized carbons (Fsp3) is 0.625. The smallest absolute Gasteiger partial charge is 0.294 e. The number of unbranched alkanes of at least 4 members (excludes halogenated alkanes) is 5. The van der Waals surface area contributed by atoms with Crippen LogP contribution < -0.4 is 5.32 Å². The molecule has 5 heteroatoms. The van der Waals surface area contributed by atoms with Crippen molar-refractivity contribution < 1.29 is 13.0 Å². The van der Waals surface area contributed by atoms with E-state index < -0.39 is 10.1 Å². The van der Waals surface area contributed by atoms with Gasteiger partial charge in [0, 0.05) is 0 Å². The molecule has 1 rings (SSSR count). The molecule has 0 aliphatic rings. The second-order valence-corrected chi connectivity index (χ2v) is 6.58. The van der Waals surface area contributed by atoms with Gasteiger partial charge in [0.2, 0.25) is 0 Å². The molecule has 21 heavy (non-hydrogen) atoms. The molecule has 4 nitrogen and oxygen atoms in total. The van der Waals surface area contributed by atoms with Crippen LogP contribution >= 0.6 is 0 Å². The quantitative estimate of drug-likeness (QED) is 0.565. The molecule has 1 aromatic rings. The Kier molecular flexibility index (Phi) is 11.2. The van der Waals surface area contributed by atoms with Crippen LogP contribution in [0.3, 0.4) is 0 Å². The van der Waals surface area contributed by atoms with Gasteiger partial charge in [-0.15, -0.1) is 0 Å². The van der Waals surface area contributed by atoms with Crippen LogP contribution in [0.2, 0.25) is 0 Å². The lowest BCUT2D eigenvalue weighted by Crippen LogP contribution is -2.06. The second-order valence-electron chi connectivity index (χ2n) is 5.16. The van der Waals surface area contributed by atoms with Crippen LogP contribution in [-0.4, -0.2) is 26.6 Å². The minimum Gasteiger partial charge on any atom is -0.320 e. The minimum atomic E-state index is -4.02. The van der Waals surface area contributed by atoms with Crippen molar-refractivity contribution in [3.05, 3.63) is 29.8 Å². The minimum absolute atomic E-state index is 0.0666. The standard InChI is InChI=1S/C9H21N.C7H8O3S/c1-3-4-5-6-7-8-9-10-2;1-6-2-4-7(5-3-6)11(8,9)10/h10H,3-9H2,1-2H3;2-5H,1H3,(H,8,9,10). The van der Waals surface area contributed by atoms with Gasteiger partial charge >= 0.3 is 0 Å². The number of hydrogen-bond acceptors (Lipinski definition) is 3. The maximum atomic E-state index is 10.5. The van der Waals surface area contributed by atoms with Crippen LogP contribution in [0.25, 0.3) is 0 Å². The first-order chi connectivity index (χ1) is 9.91. The molecule has 0 aromatic heterocycles. The Morgan fingerprint density at radius 3 is 2.00 bits per heavy atom. The number of nitrogens with one attached hydrogen (secondary N) is 1. The molecule has 0 radical (unpaired) electrons. The molecule has 0 fully saturated rings. The third-order valence-electron chi connectivity index (χ3n) is 3.10. The number of benzene rings is 1. The van der Waals surface area contributed by atoms with Gasteiger partial charge in [0.05, 0.1) is 4.90 Å². The van der Waals surface area contributed by atoms with Crippen LogP contribution in [-0.2, 0) is 10.1 Å². The monoisotopic (exact) mass is 315 g/mol. The summed E-state index contributed by atoms with van der Waals surface area (Å²) in [5, 5.41) is 3.16. The van der Waals surface area contributed by atoms with E-state index in [2.05, 4.69) is 12.2 Å². The molecule has 0 unspecified atom stereocenters. The van der Waals surface area contributed by atoms with Gasteiger partial charge in [0.15, 0.2) is 0 Å². The molecule has 0 aliphatic heterocycles. The highest BCUT2D eigenvalue weighted by atomic mass is 32.2. The largest absolute Gasteiger partial charge is 0.320 e. The van der Waals surface area contributed by atoms with Crippen LogP contribution in [0.4, 0.5) is 0 Å². The molecule has 0 bridgehead atoms. The van der Waals surface area contributed by atoms with E-state index in [-0.39, 0.29) is 4.90 Å². The Balaban J connectivity index is 0.000000384. The number of aryl methyl sites for hydroxylation is 1. The second kappa shape index (κ2) is 11.7. The van der Waals surface area contributed by atoms with Gasteiger partial charge in [-0.2, -0.15) is 8.42 Å². The molecule has 1 aromatic carbocycles. The van der Waals surface area contributed by atoms with Gasteiger partial charge in [-0.1, -0.05) is 56.7 Å². The first-order valence-corrected chi connectivity index (χ1v) is 9.04. The highest BCUT2D eigenvalue weighted by molar-refractivity contribution is 7.85. The topological polar surface area (TPSA) is 66.4 Å². The molecule has 0 aliphatic carbocycles. The van der Waals surface area contributed by atoms with E-state index in [9.17, 15) is 8.42 Å². The lowest BCUT2D eigenvalue weighted by atomic mass is 10.1. The Hall–Kier alpha value is -0.910. The first kappa shape index (κ1) is 20.1. The summed E-state index contributed by atoms with van der Waals surface area (Å²) in [4.78, 5) is -0.0666. The van der Waals surface area contributed by atoms with Crippen LogP contribution in [0, 0.1) is 6.92 Å². The van der Waals surface area contributed by atoms with E-state index in [0.29, 0.717) is 0 Å². The van der Waals surface area contributed by atoms with Crippen molar-refractivity contribution in [1.82, 2.24) is 5.32 Å². The summed E-state index contributed by atoms with van der Waals surface area (Å²) in [5.74, 6) is 0. The fourth-order valence-corrected chi connectivity index (χ4v) is 2.27. The molecule has 0 saturated carbocycles. The zero-order chi connectivity index (χ0) is 16.1. The van der Waals surface area contributed by atoms with Crippen molar-refractivity contribution in [2.75, 3.05) is 13.6 Å². The van der Waals surface area contributed by atoms with E-state index >= 15 is 0 Å². The van der Waals surface area contributed by atoms with Gasteiger partial charge in [-0.25, -0.2) is 0 Å². The van der Waals surface area contributed by atoms with Crippen molar-refractivity contribution in [3.63, 3.8) is 0 Å². The summed E-state index contributed by atoms with van der Waals surface area (Å²) < 4.78 is 29.6. The Morgan fingerprint density at radius 1 is 1.00 bits per heavy atom. The molecule has 0 heterocycles. The van der Waals surface area contributed by atoms with E-state index in [1.807, 2.05) is 14.0 Å². The summed E-state index contributed by atoms with van der Waals surface area (Å²) in [6, 6.07) is 5.99. The third-order valence-corrected chi connectivity index (χ3v) is 3.97. The normalized spacial score (nSPS) is 10.9. The Bertz CT molecular complexity index is 447. The van der Waals surface area contributed by atoms with Gasteiger partial charge in [0.1, 0.15) is 0 Å². The molecule has 0 atom stereocenters. The zero-order valence-corrected chi connectivity index (χ0v) is 14.2. The lowest BCUT2D eigenvalue weighted by Gasteiger charge is -1.98. The molecule has 0 amide bonds. The maximum absolute atomic E-state index is 10.5. The summed E-state index contributed by atoms with van der Waals surface area (Å²) in [6.45, 7) is 5.29. The van der Waals surface area contributed by atoms with Gasteiger partial charge in [-0.3, -0.25) is 4.55 Å². The van der Waals surface area contributed by atoms with E-state index in [1.165, 1.54) is 57.2 Å². The van der Waals surface area contributed by atoms with E-state index in [4.69, 9.17) is 4.55 Å². The number of rotatable bonds is 8. The predicted octanol–water partition coefficient (Wildman–Crippen LogP) is 3.81. The van der Waals surface area contributed by atoms with E-state index in [0.717, 1.165) is 5.56 Å². The Morgan fingerprint density at radius 2 is 1.52 bits per heavy atom. The van der Waals surface area contributed by atoms with Crippen LogP contribution in [0.15, 0.2) is 29.2 Å². The van der Waals surface area contributed by atoms with Crippen LogP contribution in [0.1, 0.15) is 51.0 Å². The van der Waals surface area contributed by atoms with Crippen molar-refractivity contribution >= 4 is 10.1 Å². The molecule has 2 N–H and O–H groups in total. The van der Waals surface area contributed by atoms with Crippen LogP contribution in [0.5, 0.6) is 0 Å². The van der Waals surface area contributed by atoms with Gasteiger partial charge in [0.25, 0.3) is 10.1 Å². The summed E-state index contributed by atoms with van der Waals surface area (Å²) in [5.41, 5.74) is 0.956. The average Bonchev–Trinajstić information content (AvgIpc) is 2.43. The molecule has 0 spiro atoms. The summed E-state index contributed by atoms with van der Waals surface area (Å²) >= 11 is 0. The molecular formula is C16H29NO3S. The average molecular weight is 315 g/mol. The number of hydrogen-bond donors (Lipinski definition) is 2. The highest BCUT2D eigenvalue weighted by Gasteiger charge is 2.06. The zero-order valence-electron chi connectivity index (χ0n) is 13.4. The molecule has 122 valence electrons. The highest BCUT2D eigenvalue weighted by Crippen LogP contribution is 2.08. The fourth-order valence-electron chi connectivity index (χ4n) is 1.79. The maximum Gasteiger partial charge on any atom is 0.294 e. The van der Waals surface area contributed by atoms with Crippen molar-refractivity contribution in [2.24, 2.45) is 0 Å². The molecular weight excluding hydrogens is 286 g/mol. The SMILES string of the molecule is CCCCCCCCNC.Cc1ccc(S(=O)(=O)O)cc1. The van der Waals surface area contributed by atoms with Gasteiger partial charge < -0.3 is 5.32 Å². The van der Waals surface area contributed by atoms with E-state index in [1.54, 1.807) is 12.1 Å². The third kappa shape index (κ3) is 11.4. The predicted molar refractivity (Wildman–Crippen MR) is 88.3 cm³/mol. The van der Waals surface area contributed by atoms with Gasteiger partial charge in [-0.05, 0) is 39.1 Å². The van der Waals surface area contributed by atoms with Crippen molar-refractivity contribution in [1.29, 1.82) is 0 Å². The lowest BCUT2D eigenvalue weighted by molar-refractivity contribution is 0.483. The summed E-state index contributed by atoms with van der Waals surface area (Å²) in [6.07, 6.45) is 8.38.